The molecule has 0 bridgehead atoms. The first-order valence-corrected chi connectivity index (χ1v) is 8.12. The van der Waals surface area contributed by atoms with Crippen LogP contribution in [-0.4, -0.2) is 30.0 Å². The topological polar surface area (TPSA) is 78.0 Å². The van der Waals surface area contributed by atoms with Gasteiger partial charge in [0.2, 0.25) is 0 Å². The summed E-state index contributed by atoms with van der Waals surface area (Å²) in [6, 6.07) is 0. The van der Waals surface area contributed by atoms with Gasteiger partial charge in [-0.1, -0.05) is 18.5 Å². The van der Waals surface area contributed by atoms with Crippen molar-refractivity contribution in [2.75, 3.05) is 6.54 Å². The number of rotatable bonds is 6. The van der Waals surface area contributed by atoms with Crippen molar-refractivity contribution in [3.63, 3.8) is 0 Å². The fourth-order valence-electron chi connectivity index (χ4n) is 1.63. The molecule has 1 atom stereocenters. The van der Waals surface area contributed by atoms with E-state index < -0.39 is 15.1 Å². The molecular weight excluding hydrogens is 274 g/mol. The largest absolute Gasteiger partial charge is 0.329 e. The zero-order valence-corrected chi connectivity index (χ0v) is 12.6. The van der Waals surface area contributed by atoms with Crippen LogP contribution < -0.4 is 5.73 Å². The Bertz CT molecular complexity index is 511. The molecule has 0 saturated carbocycles. The lowest BCUT2D eigenvalue weighted by molar-refractivity contribution is 0.574. The van der Waals surface area contributed by atoms with E-state index in [4.69, 9.17) is 17.3 Å². The predicted molar refractivity (Wildman–Crippen MR) is 73.4 cm³/mol. The van der Waals surface area contributed by atoms with Crippen LogP contribution in [0.1, 0.15) is 32.2 Å². The minimum Gasteiger partial charge on any atom is -0.329 e. The molecule has 0 fully saturated rings. The van der Waals surface area contributed by atoms with Crippen LogP contribution in [0.4, 0.5) is 0 Å². The highest BCUT2D eigenvalue weighted by Crippen LogP contribution is 2.24. The van der Waals surface area contributed by atoms with Crippen molar-refractivity contribution in [1.29, 1.82) is 0 Å². The third-order valence-electron chi connectivity index (χ3n) is 2.98. The van der Waals surface area contributed by atoms with Crippen LogP contribution in [0.25, 0.3) is 0 Å². The van der Waals surface area contributed by atoms with Gasteiger partial charge in [0.05, 0.1) is 27.4 Å². The van der Waals surface area contributed by atoms with E-state index in [0.717, 1.165) is 5.69 Å². The molecular formula is C11H20ClN3O2S. The van der Waals surface area contributed by atoms with Crippen LogP contribution in [0.15, 0.2) is 0 Å². The Labute approximate surface area is 113 Å². The van der Waals surface area contributed by atoms with E-state index in [1.54, 1.807) is 11.6 Å². The third-order valence-corrected chi connectivity index (χ3v) is 5.51. The lowest BCUT2D eigenvalue weighted by atomic mass is 10.3. The van der Waals surface area contributed by atoms with E-state index in [2.05, 4.69) is 5.10 Å². The molecule has 1 unspecified atom stereocenters. The Morgan fingerprint density at radius 3 is 2.50 bits per heavy atom. The van der Waals surface area contributed by atoms with Crippen molar-refractivity contribution >= 4 is 21.4 Å². The van der Waals surface area contributed by atoms with E-state index in [9.17, 15) is 8.42 Å². The van der Waals surface area contributed by atoms with E-state index in [-0.39, 0.29) is 12.3 Å². The van der Waals surface area contributed by atoms with Crippen molar-refractivity contribution in [2.24, 2.45) is 5.73 Å². The normalized spacial score (nSPS) is 13.8. The molecule has 7 heteroatoms. The second kappa shape index (κ2) is 6.04. The number of aromatic nitrogens is 2. The predicted octanol–water partition coefficient (Wildman–Crippen LogP) is 1.38. The van der Waals surface area contributed by atoms with Gasteiger partial charge in [-0.2, -0.15) is 5.10 Å². The van der Waals surface area contributed by atoms with Gasteiger partial charge in [-0.05, 0) is 20.3 Å². The zero-order valence-electron chi connectivity index (χ0n) is 11.0. The van der Waals surface area contributed by atoms with Crippen molar-refractivity contribution in [3.05, 3.63) is 16.4 Å². The molecule has 0 radical (unpaired) electrons. The summed E-state index contributed by atoms with van der Waals surface area (Å²) in [6.45, 7) is 6.17. The Balaban J connectivity index is 3.15. The fourth-order valence-corrected chi connectivity index (χ4v) is 3.30. The molecule has 0 aliphatic heterocycles. The molecule has 0 amide bonds. The van der Waals surface area contributed by atoms with Gasteiger partial charge in [0, 0.05) is 13.1 Å². The van der Waals surface area contributed by atoms with Crippen LogP contribution >= 0.6 is 11.6 Å². The summed E-state index contributed by atoms with van der Waals surface area (Å²) in [7, 11) is -3.28. The number of aryl methyl sites for hydroxylation is 2. The second-order valence-corrected chi connectivity index (χ2v) is 7.03. The Morgan fingerprint density at radius 2 is 2.06 bits per heavy atom. The maximum absolute atomic E-state index is 12.1. The number of hydrogen-bond acceptors (Lipinski definition) is 4. The molecule has 104 valence electrons. The Morgan fingerprint density at radius 1 is 1.44 bits per heavy atom. The highest BCUT2D eigenvalue weighted by molar-refractivity contribution is 7.91. The molecule has 0 saturated heterocycles. The van der Waals surface area contributed by atoms with Gasteiger partial charge in [0.1, 0.15) is 0 Å². The van der Waals surface area contributed by atoms with E-state index in [0.29, 0.717) is 23.7 Å². The molecule has 2 N–H and O–H groups in total. The molecule has 0 aliphatic rings. The molecule has 0 aliphatic carbocycles. The van der Waals surface area contributed by atoms with Gasteiger partial charge in [0.25, 0.3) is 0 Å². The summed E-state index contributed by atoms with van der Waals surface area (Å²) in [5.74, 6) is -0.106. The van der Waals surface area contributed by atoms with Crippen LogP contribution in [0.2, 0.25) is 5.02 Å². The van der Waals surface area contributed by atoms with Gasteiger partial charge in [-0.15, -0.1) is 0 Å². The second-order valence-electron chi connectivity index (χ2n) is 4.23. The maximum atomic E-state index is 12.1. The number of halogens is 1. The van der Waals surface area contributed by atoms with Crippen LogP contribution in [0.3, 0.4) is 0 Å². The van der Waals surface area contributed by atoms with E-state index >= 15 is 0 Å². The monoisotopic (exact) mass is 293 g/mol. The van der Waals surface area contributed by atoms with Gasteiger partial charge < -0.3 is 5.73 Å². The summed E-state index contributed by atoms with van der Waals surface area (Å²) >= 11 is 6.18. The lowest BCUT2D eigenvalue weighted by Crippen LogP contribution is -2.28. The molecule has 0 spiro atoms. The van der Waals surface area contributed by atoms with Crippen molar-refractivity contribution in [3.8, 4) is 0 Å². The smallest absolute Gasteiger partial charge is 0.159 e. The van der Waals surface area contributed by atoms with Crippen LogP contribution in [-0.2, 0) is 28.6 Å². The van der Waals surface area contributed by atoms with E-state index in [1.165, 1.54) is 0 Å². The SMILES string of the molecule is CCc1nn(CC)c(CS(=O)(=O)C(C)CN)c1Cl. The van der Waals surface area contributed by atoms with Crippen LogP contribution in [0, 0.1) is 0 Å². The highest BCUT2D eigenvalue weighted by atomic mass is 35.5. The average Bonchev–Trinajstić information content (AvgIpc) is 2.64. The minimum absolute atomic E-state index is 0.106. The summed E-state index contributed by atoms with van der Waals surface area (Å²) in [5.41, 5.74) is 6.72. The van der Waals surface area contributed by atoms with Crippen molar-refractivity contribution in [2.45, 2.75) is 44.7 Å². The quantitative estimate of drug-likeness (QED) is 0.859. The minimum atomic E-state index is -3.28. The van der Waals surface area contributed by atoms with Crippen molar-refractivity contribution in [1.82, 2.24) is 9.78 Å². The molecule has 18 heavy (non-hydrogen) atoms. The molecule has 1 aromatic heterocycles. The fraction of sp³-hybridized carbons (Fsp3) is 0.727. The standard InChI is InChI=1S/C11H20ClN3O2S/c1-4-9-11(12)10(15(5-2)14-9)7-18(16,17)8(3)6-13/h8H,4-7,13H2,1-3H3. The maximum Gasteiger partial charge on any atom is 0.159 e. The third kappa shape index (κ3) is 3.05. The summed E-state index contributed by atoms with van der Waals surface area (Å²) < 4.78 is 25.8. The summed E-state index contributed by atoms with van der Waals surface area (Å²) in [4.78, 5) is 0. The molecule has 1 rings (SSSR count). The van der Waals surface area contributed by atoms with Crippen molar-refractivity contribution < 1.29 is 8.42 Å². The highest BCUT2D eigenvalue weighted by Gasteiger charge is 2.25. The summed E-state index contributed by atoms with van der Waals surface area (Å²) in [5, 5.41) is 4.20. The molecule has 0 aromatic carbocycles. The summed E-state index contributed by atoms with van der Waals surface area (Å²) in [6.07, 6.45) is 0.686. The number of nitrogens with two attached hydrogens (primary N) is 1. The first-order chi connectivity index (χ1) is 8.37. The molecule has 5 nitrogen and oxygen atoms in total. The van der Waals surface area contributed by atoms with E-state index in [1.807, 2.05) is 13.8 Å². The molecule has 1 heterocycles. The average molecular weight is 294 g/mol. The number of sulfone groups is 1. The zero-order chi connectivity index (χ0) is 13.9. The first-order valence-electron chi connectivity index (χ1n) is 6.03. The number of hydrogen-bond donors (Lipinski definition) is 1. The van der Waals surface area contributed by atoms with Gasteiger partial charge >= 0.3 is 0 Å². The van der Waals surface area contributed by atoms with Gasteiger partial charge in [0.15, 0.2) is 9.84 Å². The first kappa shape index (κ1) is 15.5. The Kier molecular flexibility index (Phi) is 5.19. The van der Waals surface area contributed by atoms with Crippen LogP contribution in [0.5, 0.6) is 0 Å². The lowest BCUT2D eigenvalue weighted by Gasteiger charge is -2.11. The van der Waals surface area contributed by atoms with Gasteiger partial charge in [-0.25, -0.2) is 8.42 Å². The Hall–Kier alpha value is -0.590. The van der Waals surface area contributed by atoms with Gasteiger partial charge in [-0.3, -0.25) is 4.68 Å². The molecule has 1 aromatic rings. The number of nitrogens with zero attached hydrogens (tertiary/aromatic N) is 2.